The highest BCUT2D eigenvalue weighted by Crippen LogP contribution is 2.33. The van der Waals surface area contributed by atoms with E-state index in [1.165, 1.54) is 36.8 Å². The summed E-state index contributed by atoms with van der Waals surface area (Å²) in [6.45, 7) is 2.19. The van der Waals surface area contributed by atoms with Gasteiger partial charge in [-0.15, -0.1) is 0 Å². The van der Waals surface area contributed by atoms with Crippen LogP contribution in [0.1, 0.15) is 36.8 Å². The van der Waals surface area contributed by atoms with Gasteiger partial charge in [0.05, 0.1) is 0 Å². The van der Waals surface area contributed by atoms with Crippen molar-refractivity contribution < 1.29 is 0 Å². The molecule has 1 aromatic rings. The molecule has 0 saturated heterocycles. The molecular formula is C13H18N2. The highest BCUT2D eigenvalue weighted by molar-refractivity contribution is 5.52. The van der Waals surface area contributed by atoms with E-state index in [-0.39, 0.29) is 0 Å². The molecule has 0 aromatic heterocycles. The molecule has 2 heteroatoms. The molecule has 0 unspecified atom stereocenters. The average Bonchev–Trinajstić information content (AvgIpc) is 2.86. The highest BCUT2D eigenvalue weighted by atomic mass is 15.2. The van der Waals surface area contributed by atoms with E-state index in [1.54, 1.807) is 0 Å². The summed E-state index contributed by atoms with van der Waals surface area (Å²) in [6, 6.07) is 7.14. The molecule has 2 N–H and O–H groups in total. The Morgan fingerprint density at radius 2 is 1.93 bits per heavy atom. The summed E-state index contributed by atoms with van der Waals surface area (Å²) in [5.74, 6) is 0. The Hall–Kier alpha value is -1.02. The van der Waals surface area contributed by atoms with Crippen molar-refractivity contribution in [2.75, 3.05) is 5.73 Å². The molecule has 0 bridgehead atoms. The molecule has 1 saturated carbocycles. The van der Waals surface area contributed by atoms with Crippen LogP contribution in [0.2, 0.25) is 0 Å². The smallest absolute Gasteiger partial charge is 0.0363 e. The summed E-state index contributed by atoms with van der Waals surface area (Å²) in [5, 5.41) is 0. The molecule has 2 nitrogen and oxygen atoms in total. The molecule has 0 atom stereocenters. The van der Waals surface area contributed by atoms with Crippen molar-refractivity contribution in [1.29, 1.82) is 0 Å². The Balaban J connectivity index is 1.82. The van der Waals surface area contributed by atoms with Gasteiger partial charge in [-0.3, -0.25) is 4.90 Å². The second kappa shape index (κ2) is 3.53. The van der Waals surface area contributed by atoms with E-state index in [2.05, 4.69) is 17.0 Å². The van der Waals surface area contributed by atoms with Crippen LogP contribution in [0, 0.1) is 0 Å². The summed E-state index contributed by atoms with van der Waals surface area (Å²) < 4.78 is 0. The Bertz CT molecular complexity index is 367. The topological polar surface area (TPSA) is 29.3 Å². The second-order valence-electron chi connectivity index (χ2n) is 4.83. The van der Waals surface area contributed by atoms with Gasteiger partial charge in [-0.1, -0.05) is 25.0 Å². The van der Waals surface area contributed by atoms with Gasteiger partial charge in [-0.2, -0.15) is 0 Å². The summed E-state index contributed by atoms with van der Waals surface area (Å²) >= 11 is 0. The Kier molecular flexibility index (Phi) is 2.17. The number of nitrogens with two attached hydrogens (primary N) is 1. The molecule has 2 aliphatic rings. The van der Waals surface area contributed by atoms with Crippen LogP contribution in [-0.2, 0) is 13.1 Å². The molecule has 1 aliphatic carbocycles. The molecule has 1 fully saturated rings. The van der Waals surface area contributed by atoms with Crippen molar-refractivity contribution in [3.63, 3.8) is 0 Å². The number of nitrogen functional groups attached to an aromatic ring is 1. The number of fused-ring (bicyclic) bond motifs is 1. The maximum atomic E-state index is 6.01. The van der Waals surface area contributed by atoms with Crippen molar-refractivity contribution in [3.8, 4) is 0 Å². The fraction of sp³-hybridized carbons (Fsp3) is 0.538. The van der Waals surface area contributed by atoms with Crippen LogP contribution >= 0.6 is 0 Å². The lowest BCUT2D eigenvalue weighted by Gasteiger charge is -2.22. The molecule has 0 spiro atoms. The van der Waals surface area contributed by atoms with Crippen LogP contribution in [0.5, 0.6) is 0 Å². The van der Waals surface area contributed by atoms with Crippen LogP contribution in [0.25, 0.3) is 0 Å². The number of hydrogen-bond donors (Lipinski definition) is 1. The van der Waals surface area contributed by atoms with E-state index in [9.17, 15) is 0 Å². The Labute approximate surface area is 91.1 Å². The first kappa shape index (κ1) is 9.22. The van der Waals surface area contributed by atoms with Crippen LogP contribution < -0.4 is 5.73 Å². The third-order valence-corrected chi connectivity index (χ3v) is 3.89. The summed E-state index contributed by atoms with van der Waals surface area (Å²) in [4.78, 5) is 2.61. The lowest BCUT2D eigenvalue weighted by molar-refractivity contribution is 0.202. The minimum atomic E-state index is 0.816. The van der Waals surface area contributed by atoms with Gasteiger partial charge in [0.2, 0.25) is 0 Å². The van der Waals surface area contributed by atoms with E-state index < -0.39 is 0 Å². The minimum absolute atomic E-state index is 0.816. The minimum Gasteiger partial charge on any atom is -0.398 e. The average molecular weight is 202 g/mol. The molecule has 0 amide bonds. The third kappa shape index (κ3) is 1.53. The Morgan fingerprint density at radius 3 is 2.67 bits per heavy atom. The van der Waals surface area contributed by atoms with Crippen LogP contribution in [-0.4, -0.2) is 10.9 Å². The van der Waals surface area contributed by atoms with Crippen molar-refractivity contribution >= 4 is 5.69 Å². The van der Waals surface area contributed by atoms with E-state index in [0.717, 1.165) is 24.8 Å². The second-order valence-corrected chi connectivity index (χ2v) is 4.83. The lowest BCUT2D eigenvalue weighted by atomic mass is 10.1. The predicted octanol–water partition coefficient (Wildman–Crippen LogP) is 2.53. The predicted molar refractivity (Wildman–Crippen MR) is 62.4 cm³/mol. The first-order chi connectivity index (χ1) is 7.34. The molecule has 80 valence electrons. The van der Waals surface area contributed by atoms with Crippen LogP contribution in [0.4, 0.5) is 5.69 Å². The monoisotopic (exact) mass is 202 g/mol. The van der Waals surface area contributed by atoms with E-state index in [0.29, 0.717) is 0 Å². The molecular weight excluding hydrogens is 184 g/mol. The standard InChI is InChI=1S/C13H18N2/c14-13-7-3-4-10-8-15(9-12(10)13)11-5-1-2-6-11/h3-4,7,11H,1-2,5-6,8-9,14H2. The number of benzene rings is 1. The molecule has 1 heterocycles. The van der Waals surface area contributed by atoms with Crippen molar-refractivity contribution in [2.45, 2.75) is 44.8 Å². The first-order valence-corrected chi connectivity index (χ1v) is 5.95. The molecule has 0 radical (unpaired) electrons. The van der Waals surface area contributed by atoms with Gasteiger partial charge in [-0.05, 0) is 30.0 Å². The van der Waals surface area contributed by atoms with Gasteiger partial charge in [0, 0.05) is 24.8 Å². The van der Waals surface area contributed by atoms with Gasteiger partial charge in [0.25, 0.3) is 0 Å². The molecule has 1 aromatic carbocycles. The third-order valence-electron chi connectivity index (χ3n) is 3.89. The number of anilines is 1. The highest BCUT2D eigenvalue weighted by Gasteiger charge is 2.28. The fourth-order valence-electron chi connectivity index (χ4n) is 3.00. The van der Waals surface area contributed by atoms with Gasteiger partial charge in [-0.25, -0.2) is 0 Å². The van der Waals surface area contributed by atoms with Crippen molar-refractivity contribution in [1.82, 2.24) is 4.90 Å². The molecule has 15 heavy (non-hydrogen) atoms. The molecule has 3 rings (SSSR count). The number of nitrogens with zero attached hydrogens (tertiary/aromatic N) is 1. The van der Waals surface area contributed by atoms with Crippen molar-refractivity contribution in [3.05, 3.63) is 29.3 Å². The zero-order valence-corrected chi connectivity index (χ0v) is 9.08. The lowest BCUT2D eigenvalue weighted by Crippen LogP contribution is -2.27. The maximum absolute atomic E-state index is 6.01. The van der Waals surface area contributed by atoms with Gasteiger partial charge < -0.3 is 5.73 Å². The maximum Gasteiger partial charge on any atom is 0.0363 e. The van der Waals surface area contributed by atoms with Gasteiger partial charge >= 0.3 is 0 Å². The quantitative estimate of drug-likeness (QED) is 0.709. The number of hydrogen-bond acceptors (Lipinski definition) is 2. The zero-order valence-electron chi connectivity index (χ0n) is 9.08. The SMILES string of the molecule is Nc1cccc2c1CN(C1CCCC1)C2. The van der Waals surface area contributed by atoms with E-state index in [1.807, 2.05) is 6.07 Å². The fourth-order valence-corrected chi connectivity index (χ4v) is 3.00. The summed E-state index contributed by atoms with van der Waals surface area (Å²) in [6.07, 6.45) is 5.59. The normalized spacial score (nSPS) is 22.1. The first-order valence-electron chi connectivity index (χ1n) is 5.95. The van der Waals surface area contributed by atoms with Gasteiger partial charge in [0.1, 0.15) is 0 Å². The number of rotatable bonds is 1. The summed E-state index contributed by atoms with van der Waals surface area (Å²) in [5.41, 5.74) is 9.81. The van der Waals surface area contributed by atoms with E-state index >= 15 is 0 Å². The zero-order chi connectivity index (χ0) is 10.3. The van der Waals surface area contributed by atoms with E-state index in [4.69, 9.17) is 5.73 Å². The van der Waals surface area contributed by atoms with Crippen LogP contribution in [0.15, 0.2) is 18.2 Å². The van der Waals surface area contributed by atoms with Crippen LogP contribution in [0.3, 0.4) is 0 Å². The van der Waals surface area contributed by atoms with Crippen molar-refractivity contribution in [2.24, 2.45) is 0 Å². The Morgan fingerprint density at radius 1 is 1.13 bits per heavy atom. The van der Waals surface area contributed by atoms with Gasteiger partial charge in [0.15, 0.2) is 0 Å². The largest absolute Gasteiger partial charge is 0.398 e. The molecule has 1 aliphatic heterocycles. The summed E-state index contributed by atoms with van der Waals surface area (Å²) in [7, 11) is 0.